The zero-order valence-corrected chi connectivity index (χ0v) is 8.11. The Kier molecular flexibility index (Phi) is 3.23. The molecule has 76 valence electrons. The van der Waals surface area contributed by atoms with E-state index in [-0.39, 0.29) is 5.56 Å². The molecular weight excluding hydrogens is 237 g/mol. The summed E-state index contributed by atoms with van der Waals surface area (Å²) in [5.74, 6) is 0. The molecule has 1 aromatic heterocycles. The maximum Gasteiger partial charge on any atom is 0.268 e. The van der Waals surface area contributed by atoms with Gasteiger partial charge in [0, 0.05) is 6.20 Å². The highest BCUT2D eigenvalue weighted by Crippen LogP contribution is 2.32. The van der Waals surface area contributed by atoms with Gasteiger partial charge < -0.3 is 5.73 Å². The third-order valence-electron chi connectivity index (χ3n) is 1.54. The standard InChI is InChI=1S/C7H4Cl2F2N2O/c8-5-3(7(10)11)4(12)2(1-13-5)6(9)14/h1,7H,(H2,12,13). The fourth-order valence-electron chi connectivity index (χ4n) is 0.881. The normalized spacial score (nSPS) is 10.6. The highest BCUT2D eigenvalue weighted by molar-refractivity contribution is 6.68. The number of carbonyl (C=O) groups is 1. The van der Waals surface area contributed by atoms with Gasteiger partial charge in [0.25, 0.3) is 11.7 Å². The number of rotatable bonds is 2. The molecule has 14 heavy (non-hydrogen) atoms. The summed E-state index contributed by atoms with van der Waals surface area (Å²) in [5, 5.41) is -1.38. The number of carbonyl (C=O) groups excluding carboxylic acids is 1. The Morgan fingerprint density at radius 1 is 1.57 bits per heavy atom. The van der Waals surface area contributed by atoms with Gasteiger partial charge in [0.15, 0.2) is 0 Å². The van der Waals surface area contributed by atoms with Gasteiger partial charge in [-0.15, -0.1) is 0 Å². The Hall–Kier alpha value is -0.940. The quantitative estimate of drug-likeness (QED) is 0.639. The second kappa shape index (κ2) is 4.06. The van der Waals surface area contributed by atoms with Crippen LogP contribution in [0.4, 0.5) is 14.5 Å². The lowest BCUT2D eigenvalue weighted by atomic mass is 10.1. The van der Waals surface area contributed by atoms with Crippen molar-refractivity contribution < 1.29 is 13.6 Å². The minimum Gasteiger partial charge on any atom is -0.398 e. The third kappa shape index (κ3) is 1.93. The van der Waals surface area contributed by atoms with E-state index in [4.69, 9.17) is 28.9 Å². The number of aromatic nitrogens is 1. The van der Waals surface area contributed by atoms with Crippen LogP contribution in [0.15, 0.2) is 6.20 Å². The summed E-state index contributed by atoms with van der Waals surface area (Å²) in [6.45, 7) is 0. The van der Waals surface area contributed by atoms with Crippen LogP contribution in [-0.2, 0) is 0 Å². The summed E-state index contributed by atoms with van der Waals surface area (Å²) >= 11 is 10.5. The highest BCUT2D eigenvalue weighted by Gasteiger charge is 2.21. The maximum absolute atomic E-state index is 12.4. The molecule has 0 aromatic carbocycles. The number of hydrogen-bond acceptors (Lipinski definition) is 3. The topological polar surface area (TPSA) is 56.0 Å². The van der Waals surface area contributed by atoms with Crippen molar-refractivity contribution in [1.29, 1.82) is 0 Å². The predicted octanol–water partition coefficient (Wildman–Crippen LogP) is 2.63. The molecule has 3 nitrogen and oxygen atoms in total. The van der Waals surface area contributed by atoms with Crippen LogP contribution in [0.25, 0.3) is 0 Å². The monoisotopic (exact) mass is 240 g/mol. The molecule has 2 N–H and O–H groups in total. The van der Waals surface area contributed by atoms with Crippen LogP contribution < -0.4 is 5.73 Å². The van der Waals surface area contributed by atoms with Crippen LogP contribution in [-0.4, -0.2) is 10.2 Å². The van der Waals surface area contributed by atoms with Crippen molar-refractivity contribution in [3.05, 3.63) is 22.5 Å². The van der Waals surface area contributed by atoms with Gasteiger partial charge in [0.2, 0.25) is 0 Å². The molecule has 1 heterocycles. The lowest BCUT2D eigenvalue weighted by Gasteiger charge is -2.08. The van der Waals surface area contributed by atoms with Gasteiger partial charge in [-0.2, -0.15) is 0 Å². The number of nitrogens with two attached hydrogens (primary N) is 1. The van der Waals surface area contributed by atoms with Gasteiger partial charge in [0.1, 0.15) is 5.15 Å². The second-order valence-corrected chi connectivity index (χ2v) is 3.07. The lowest BCUT2D eigenvalue weighted by Crippen LogP contribution is -2.05. The van der Waals surface area contributed by atoms with Gasteiger partial charge in [-0.05, 0) is 11.6 Å². The minimum atomic E-state index is -2.90. The van der Waals surface area contributed by atoms with Gasteiger partial charge in [0.05, 0.1) is 16.8 Å². The van der Waals surface area contributed by atoms with Crippen LogP contribution >= 0.6 is 23.2 Å². The van der Waals surface area contributed by atoms with Crippen molar-refractivity contribution in [3.8, 4) is 0 Å². The summed E-state index contributed by atoms with van der Waals surface area (Å²) < 4.78 is 24.7. The maximum atomic E-state index is 12.4. The van der Waals surface area contributed by atoms with E-state index in [2.05, 4.69) is 4.98 Å². The van der Waals surface area contributed by atoms with Crippen molar-refractivity contribution in [1.82, 2.24) is 4.98 Å². The lowest BCUT2D eigenvalue weighted by molar-refractivity contribution is 0.108. The van der Waals surface area contributed by atoms with Crippen molar-refractivity contribution >= 4 is 34.1 Å². The fraction of sp³-hybridized carbons (Fsp3) is 0.143. The van der Waals surface area contributed by atoms with Gasteiger partial charge in [-0.3, -0.25) is 4.79 Å². The van der Waals surface area contributed by atoms with Gasteiger partial charge in [-0.25, -0.2) is 13.8 Å². The van der Waals surface area contributed by atoms with Crippen molar-refractivity contribution in [2.75, 3.05) is 5.73 Å². The van der Waals surface area contributed by atoms with E-state index in [0.717, 1.165) is 6.20 Å². The van der Waals surface area contributed by atoms with E-state index in [0.29, 0.717) is 0 Å². The molecule has 0 amide bonds. The van der Waals surface area contributed by atoms with Crippen LogP contribution in [0.5, 0.6) is 0 Å². The molecular formula is C7H4Cl2F2N2O. The average molecular weight is 241 g/mol. The largest absolute Gasteiger partial charge is 0.398 e. The first-order chi connectivity index (χ1) is 6.45. The molecule has 0 aliphatic heterocycles. The predicted molar refractivity (Wildman–Crippen MR) is 48.8 cm³/mol. The van der Waals surface area contributed by atoms with Gasteiger partial charge >= 0.3 is 0 Å². The summed E-state index contributed by atoms with van der Waals surface area (Å²) in [6.07, 6.45) is -1.94. The SMILES string of the molecule is Nc1c(C(=O)Cl)cnc(Cl)c1C(F)F. The number of alkyl halides is 2. The smallest absolute Gasteiger partial charge is 0.268 e. The summed E-state index contributed by atoms with van der Waals surface area (Å²) in [4.78, 5) is 14.1. The molecule has 0 bridgehead atoms. The summed E-state index contributed by atoms with van der Waals surface area (Å²) in [7, 11) is 0. The number of nitrogens with zero attached hydrogens (tertiary/aromatic N) is 1. The molecule has 0 saturated carbocycles. The molecule has 0 aliphatic carbocycles. The molecule has 0 spiro atoms. The Balaban J connectivity index is 3.41. The molecule has 0 fully saturated rings. The Labute approximate surface area is 87.8 Å². The zero-order valence-electron chi connectivity index (χ0n) is 6.60. The first kappa shape index (κ1) is 11.1. The summed E-state index contributed by atoms with van der Waals surface area (Å²) in [6, 6.07) is 0. The third-order valence-corrected chi connectivity index (χ3v) is 2.04. The van der Waals surface area contributed by atoms with E-state index < -0.39 is 28.1 Å². The molecule has 1 aromatic rings. The number of nitrogen functional groups attached to an aromatic ring is 1. The first-order valence-corrected chi connectivity index (χ1v) is 4.12. The highest BCUT2D eigenvalue weighted by atomic mass is 35.5. The molecule has 0 aliphatic rings. The van der Waals surface area contributed by atoms with E-state index in [1.54, 1.807) is 0 Å². The molecule has 0 radical (unpaired) electrons. The van der Waals surface area contributed by atoms with Crippen LogP contribution in [0.3, 0.4) is 0 Å². The number of anilines is 1. The van der Waals surface area contributed by atoms with Crippen molar-refractivity contribution in [2.45, 2.75) is 6.43 Å². The number of pyridine rings is 1. The van der Waals surface area contributed by atoms with Crippen LogP contribution in [0.1, 0.15) is 22.3 Å². The first-order valence-electron chi connectivity index (χ1n) is 3.37. The van der Waals surface area contributed by atoms with Gasteiger partial charge in [-0.1, -0.05) is 11.6 Å². The molecule has 0 atom stereocenters. The number of halogens is 4. The van der Waals surface area contributed by atoms with Crippen molar-refractivity contribution in [3.63, 3.8) is 0 Å². The van der Waals surface area contributed by atoms with Crippen molar-refractivity contribution in [2.24, 2.45) is 0 Å². The van der Waals surface area contributed by atoms with E-state index in [9.17, 15) is 13.6 Å². The zero-order chi connectivity index (χ0) is 10.9. The summed E-state index contributed by atoms with van der Waals surface area (Å²) in [5.41, 5.74) is 3.91. The molecule has 0 saturated heterocycles. The Morgan fingerprint density at radius 2 is 2.14 bits per heavy atom. The fourth-order valence-corrected chi connectivity index (χ4v) is 1.26. The van der Waals surface area contributed by atoms with E-state index >= 15 is 0 Å². The van der Waals surface area contributed by atoms with Crippen LogP contribution in [0, 0.1) is 0 Å². The number of hydrogen-bond donors (Lipinski definition) is 1. The minimum absolute atomic E-state index is 0.272. The average Bonchev–Trinajstić information content (AvgIpc) is 2.02. The second-order valence-electron chi connectivity index (χ2n) is 2.36. The molecule has 7 heteroatoms. The van der Waals surface area contributed by atoms with Crippen LogP contribution in [0.2, 0.25) is 5.15 Å². The molecule has 0 unspecified atom stereocenters. The van der Waals surface area contributed by atoms with E-state index in [1.807, 2.05) is 0 Å². The molecule has 1 rings (SSSR count). The Bertz CT molecular complexity index is 384. The van der Waals surface area contributed by atoms with E-state index in [1.165, 1.54) is 0 Å². The Morgan fingerprint density at radius 3 is 2.57 bits per heavy atom.